The summed E-state index contributed by atoms with van der Waals surface area (Å²) in [6.07, 6.45) is 4.76. The van der Waals surface area contributed by atoms with Crippen LogP contribution in [-0.2, 0) is 10.0 Å². The maximum Gasteiger partial charge on any atom is 0.269 e. The zero-order chi connectivity index (χ0) is 18.5. The third-order valence-electron chi connectivity index (χ3n) is 5.04. The highest BCUT2D eigenvalue weighted by Crippen LogP contribution is 2.31. The van der Waals surface area contributed by atoms with Crippen molar-refractivity contribution in [3.05, 3.63) is 48.4 Å². The largest absolute Gasteiger partial charge is 0.356 e. The Labute approximate surface area is 152 Å². The van der Waals surface area contributed by atoms with Gasteiger partial charge < -0.3 is 10.6 Å². The normalized spacial score (nSPS) is 20.1. The van der Waals surface area contributed by atoms with Gasteiger partial charge in [0, 0.05) is 25.3 Å². The van der Waals surface area contributed by atoms with Crippen molar-refractivity contribution in [3.8, 4) is 0 Å². The van der Waals surface area contributed by atoms with Crippen LogP contribution in [0.3, 0.4) is 0 Å². The monoisotopic (exact) mass is 371 g/mol. The van der Waals surface area contributed by atoms with Crippen LogP contribution < -0.4 is 10.6 Å². The number of rotatable bonds is 4. The SMILES string of the molecule is Cc1ccc(S(=O)(=O)n2ccc3c(N(C)C4CC(N)C4)ncnc32)cc1. The van der Waals surface area contributed by atoms with E-state index in [1.54, 1.807) is 36.5 Å². The topological polar surface area (TPSA) is 94.1 Å². The first-order chi connectivity index (χ1) is 12.4. The van der Waals surface area contributed by atoms with E-state index in [9.17, 15) is 8.42 Å². The summed E-state index contributed by atoms with van der Waals surface area (Å²) in [6.45, 7) is 1.92. The molecule has 1 aliphatic rings. The molecule has 1 fully saturated rings. The minimum atomic E-state index is -3.71. The molecule has 0 radical (unpaired) electrons. The Morgan fingerprint density at radius 2 is 1.85 bits per heavy atom. The van der Waals surface area contributed by atoms with Gasteiger partial charge in [0.2, 0.25) is 0 Å². The molecule has 0 aliphatic heterocycles. The average molecular weight is 371 g/mol. The maximum atomic E-state index is 13.0. The Kier molecular flexibility index (Phi) is 3.96. The summed E-state index contributed by atoms with van der Waals surface area (Å²) >= 11 is 0. The van der Waals surface area contributed by atoms with E-state index >= 15 is 0 Å². The number of hydrogen-bond acceptors (Lipinski definition) is 6. The van der Waals surface area contributed by atoms with Crippen molar-refractivity contribution in [1.29, 1.82) is 0 Å². The van der Waals surface area contributed by atoms with Gasteiger partial charge in [0.15, 0.2) is 5.65 Å². The van der Waals surface area contributed by atoms with E-state index in [-0.39, 0.29) is 10.9 Å². The van der Waals surface area contributed by atoms with Crippen LogP contribution in [0.25, 0.3) is 11.0 Å². The second kappa shape index (κ2) is 6.07. The molecular formula is C18H21N5O2S. The molecule has 4 rings (SSSR count). The quantitative estimate of drug-likeness (QED) is 0.753. The van der Waals surface area contributed by atoms with Crippen molar-refractivity contribution in [2.75, 3.05) is 11.9 Å². The van der Waals surface area contributed by atoms with Gasteiger partial charge in [0.25, 0.3) is 10.0 Å². The highest BCUT2D eigenvalue weighted by Gasteiger charge is 2.31. The number of nitrogens with two attached hydrogens (primary N) is 1. The maximum absolute atomic E-state index is 13.0. The summed E-state index contributed by atoms with van der Waals surface area (Å²) in [5, 5.41) is 0.714. The molecule has 1 saturated carbocycles. The lowest BCUT2D eigenvalue weighted by Crippen LogP contribution is -2.49. The van der Waals surface area contributed by atoms with Gasteiger partial charge in [-0.05, 0) is 38.0 Å². The van der Waals surface area contributed by atoms with E-state index in [0.29, 0.717) is 17.1 Å². The zero-order valence-electron chi connectivity index (χ0n) is 14.7. The van der Waals surface area contributed by atoms with E-state index in [0.717, 1.165) is 24.2 Å². The molecule has 0 atom stereocenters. The third-order valence-corrected chi connectivity index (χ3v) is 6.72. The van der Waals surface area contributed by atoms with Gasteiger partial charge in [-0.25, -0.2) is 22.4 Å². The first-order valence-corrected chi connectivity index (χ1v) is 9.94. The number of benzene rings is 1. The lowest BCUT2D eigenvalue weighted by atomic mass is 9.86. The minimum Gasteiger partial charge on any atom is -0.356 e. The second-order valence-electron chi connectivity index (χ2n) is 6.86. The standard InChI is InChI=1S/C18H21N5O2S/c1-12-3-5-15(6-4-12)26(24,25)23-8-7-16-17(20-11-21-18(16)23)22(2)14-9-13(19)10-14/h3-8,11,13-14H,9-10,19H2,1-2H3. The summed E-state index contributed by atoms with van der Waals surface area (Å²) in [5.74, 6) is 0.727. The van der Waals surface area contributed by atoms with E-state index < -0.39 is 10.0 Å². The summed E-state index contributed by atoms with van der Waals surface area (Å²) in [5.41, 5.74) is 7.28. The molecule has 1 aromatic carbocycles. The first-order valence-electron chi connectivity index (χ1n) is 8.50. The molecule has 26 heavy (non-hydrogen) atoms. The van der Waals surface area contributed by atoms with Gasteiger partial charge in [-0.2, -0.15) is 0 Å². The number of anilines is 1. The van der Waals surface area contributed by atoms with Crippen LogP contribution in [0.2, 0.25) is 0 Å². The Morgan fingerprint density at radius 1 is 1.15 bits per heavy atom. The number of aryl methyl sites for hydroxylation is 1. The van der Waals surface area contributed by atoms with Gasteiger partial charge in [-0.15, -0.1) is 0 Å². The van der Waals surface area contributed by atoms with Crippen LogP contribution in [0, 0.1) is 6.92 Å². The molecule has 7 nitrogen and oxygen atoms in total. The summed E-state index contributed by atoms with van der Waals surface area (Å²) in [6, 6.07) is 9.09. The van der Waals surface area contributed by atoms with Crippen LogP contribution in [0.1, 0.15) is 18.4 Å². The van der Waals surface area contributed by atoms with Crippen molar-refractivity contribution in [1.82, 2.24) is 13.9 Å². The number of hydrogen-bond donors (Lipinski definition) is 1. The number of aromatic nitrogens is 3. The summed E-state index contributed by atoms with van der Waals surface area (Å²) in [4.78, 5) is 10.9. The van der Waals surface area contributed by atoms with Gasteiger partial charge >= 0.3 is 0 Å². The molecule has 3 aromatic rings. The Hall–Kier alpha value is -2.45. The van der Waals surface area contributed by atoms with Crippen molar-refractivity contribution >= 4 is 26.9 Å². The minimum absolute atomic E-state index is 0.228. The van der Waals surface area contributed by atoms with Crippen LogP contribution >= 0.6 is 0 Å². The fourth-order valence-electron chi connectivity index (χ4n) is 3.33. The van der Waals surface area contributed by atoms with E-state index in [4.69, 9.17) is 5.73 Å². The highest BCUT2D eigenvalue weighted by atomic mass is 32.2. The van der Waals surface area contributed by atoms with E-state index in [1.807, 2.05) is 14.0 Å². The van der Waals surface area contributed by atoms with Crippen molar-refractivity contribution in [3.63, 3.8) is 0 Å². The average Bonchev–Trinajstić information content (AvgIpc) is 3.03. The summed E-state index contributed by atoms with van der Waals surface area (Å²) in [7, 11) is -1.75. The number of nitrogens with zero attached hydrogens (tertiary/aromatic N) is 4. The van der Waals surface area contributed by atoms with Crippen LogP contribution in [0.15, 0.2) is 47.8 Å². The lowest BCUT2D eigenvalue weighted by Gasteiger charge is -2.40. The molecule has 2 N–H and O–H groups in total. The molecule has 0 saturated heterocycles. The molecule has 0 amide bonds. The summed E-state index contributed by atoms with van der Waals surface area (Å²) < 4.78 is 27.3. The van der Waals surface area contributed by atoms with Crippen molar-refractivity contribution in [2.45, 2.75) is 36.7 Å². The van der Waals surface area contributed by atoms with Crippen molar-refractivity contribution < 1.29 is 8.42 Å². The molecule has 0 unspecified atom stereocenters. The Balaban J connectivity index is 1.78. The zero-order valence-corrected chi connectivity index (χ0v) is 15.5. The van der Waals surface area contributed by atoms with Gasteiger partial charge in [-0.3, -0.25) is 0 Å². The molecule has 1 aliphatic carbocycles. The van der Waals surface area contributed by atoms with Gasteiger partial charge in [0.05, 0.1) is 10.3 Å². The van der Waals surface area contributed by atoms with Crippen LogP contribution in [-0.4, -0.2) is 41.5 Å². The third kappa shape index (κ3) is 2.65. The van der Waals surface area contributed by atoms with Crippen LogP contribution in [0.5, 0.6) is 0 Å². The van der Waals surface area contributed by atoms with Gasteiger partial charge in [0.1, 0.15) is 12.1 Å². The molecule has 2 heterocycles. The first kappa shape index (κ1) is 17.0. The van der Waals surface area contributed by atoms with Crippen LogP contribution in [0.4, 0.5) is 5.82 Å². The Morgan fingerprint density at radius 3 is 2.50 bits per heavy atom. The highest BCUT2D eigenvalue weighted by molar-refractivity contribution is 7.90. The molecule has 0 spiro atoms. The molecule has 136 valence electrons. The molecular weight excluding hydrogens is 350 g/mol. The predicted molar refractivity (Wildman–Crippen MR) is 101 cm³/mol. The second-order valence-corrected chi connectivity index (χ2v) is 8.68. The fourth-order valence-corrected chi connectivity index (χ4v) is 4.63. The molecule has 0 bridgehead atoms. The molecule has 2 aromatic heterocycles. The van der Waals surface area contributed by atoms with Crippen molar-refractivity contribution in [2.24, 2.45) is 5.73 Å². The Bertz CT molecular complexity index is 1050. The molecule has 8 heteroatoms. The van der Waals surface area contributed by atoms with Gasteiger partial charge in [-0.1, -0.05) is 17.7 Å². The van der Waals surface area contributed by atoms with E-state index in [2.05, 4.69) is 14.9 Å². The lowest BCUT2D eigenvalue weighted by molar-refractivity contribution is 0.339. The fraction of sp³-hybridized carbons (Fsp3) is 0.333. The predicted octanol–water partition coefficient (Wildman–Crippen LogP) is 1.90. The van der Waals surface area contributed by atoms with E-state index in [1.165, 1.54) is 10.3 Å². The number of fused-ring (bicyclic) bond motifs is 1. The smallest absolute Gasteiger partial charge is 0.269 e.